The highest BCUT2D eigenvalue weighted by molar-refractivity contribution is 7.13. The number of thiazole rings is 1. The number of hydrogen-bond donors (Lipinski definition) is 3. The zero-order valence-electron chi connectivity index (χ0n) is 26.0. The maximum absolute atomic E-state index is 13.5. The number of morpholine rings is 1. The third kappa shape index (κ3) is 7.09. The number of fused-ring (bicyclic) bond motifs is 1. The van der Waals surface area contributed by atoms with Crippen molar-refractivity contribution in [2.75, 3.05) is 64.3 Å². The van der Waals surface area contributed by atoms with Crippen LogP contribution in [0.15, 0.2) is 40.9 Å². The maximum atomic E-state index is 13.5. The molecule has 3 N–H and O–H groups in total. The molecule has 1 unspecified atom stereocenters. The van der Waals surface area contributed by atoms with E-state index in [-0.39, 0.29) is 17.0 Å². The third-order valence-corrected chi connectivity index (χ3v) is 9.44. The van der Waals surface area contributed by atoms with Gasteiger partial charge >= 0.3 is 12.0 Å². The highest BCUT2D eigenvalue weighted by atomic mass is 32.1. The topological polar surface area (TPSA) is 155 Å². The molecule has 46 heavy (non-hydrogen) atoms. The molecule has 4 aromatic rings. The van der Waals surface area contributed by atoms with E-state index in [1.165, 1.54) is 17.5 Å². The number of amides is 2. The fourth-order valence-corrected chi connectivity index (χ4v) is 6.92. The first-order valence-corrected chi connectivity index (χ1v) is 16.4. The summed E-state index contributed by atoms with van der Waals surface area (Å²) in [5.41, 5.74) is 2.37. The Morgan fingerprint density at radius 2 is 1.89 bits per heavy atom. The molecule has 4 aromatic heterocycles. The zero-order valence-corrected chi connectivity index (χ0v) is 26.8. The minimum Gasteiger partial charge on any atom is -0.477 e. The molecule has 0 aromatic carbocycles. The fraction of sp³-hybridized carbons (Fsp3) is 0.438. The van der Waals surface area contributed by atoms with Gasteiger partial charge in [0.05, 0.1) is 18.6 Å². The normalized spacial score (nSPS) is 17.4. The van der Waals surface area contributed by atoms with Crippen LogP contribution in [0, 0.1) is 12.8 Å². The molecule has 2 saturated heterocycles. The smallest absolute Gasteiger partial charge is 0.341 e. The summed E-state index contributed by atoms with van der Waals surface area (Å²) in [5, 5.41) is 18.3. The summed E-state index contributed by atoms with van der Waals surface area (Å²) >= 11 is 1.45. The van der Waals surface area contributed by atoms with Gasteiger partial charge < -0.3 is 24.6 Å². The first-order valence-electron chi connectivity index (χ1n) is 15.6. The van der Waals surface area contributed by atoms with E-state index in [2.05, 4.69) is 30.4 Å². The molecule has 0 spiro atoms. The summed E-state index contributed by atoms with van der Waals surface area (Å²) in [5.74, 6) is -0.629. The van der Waals surface area contributed by atoms with Crippen molar-refractivity contribution < 1.29 is 19.4 Å². The fourth-order valence-electron chi connectivity index (χ4n) is 6.09. The number of pyridine rings is 3. The van der Waals surface area contributed by atoms with Crippen molar-refractivity contribution in [1.82, 2.24) is 34.6 Å². The maximum Gasteiger partial charge on any atom is 0.341 e. The van der Waals surface area contributed by atoms with Crippen molar-refractivity contribution in [2.24, 2.45) is 5.92 Å². The van der Waals surface area contributed by atoms with Gasteiger partial charge in [0.1, 0.15) is 22.0 Å². The number of ether oxygens (including phenoxy) is 1. The van der Waals surface area contributed by atoms with E-state index in [9.17, 15) is 19.5 Å². The van der Waals surface area contributed by atoms with E-state index in [4.69, 9.17) is 9.72 Å². The van der Waals surface area contributed by atoms with Gasteiger partial charge in [0, 0.05) is 92.2 Å². The molecule has 13 nitrogen and oxygen atoms in total. The zero-order chi connectivity index (χ0) is 32.2. The van der Waals surface area contributed by atoms with Crippen molar-refractivity contribution in [2.45, 2.75) is 26.8 Å². The van der Waals surface area contributed by atoms with E-state index < -0.39 is 11.4 Å². The Morgan fingerprint density at radius 3 is 2.63 bits per heavy atom. The number of rotatable bonds is 10. The number of carbonyl (C=O) groups excluding carboxylic acids is 1. The molecular weight excluding hydrogens is 608 g/mol. The van der Waals surface area contributed by atoms with Crippen LogP contribution >= 0.6 is 11.3 Å². The summed E-state index contributed by atoms with van der Waals surface area (Å²) < 4.78 is 7.28. The van der Waals surface area contributed by atoms with Crippen LogP contribution in [0.4, 0.5) is 10.6 Å². The lowest BCUT2D eigenvalue weighted by Crippen LogP contribution is -2.41. The molecule has 1 atom stereocenters. The van der Waals surface area contributed by atoms with E-state index in [1.54, 1.807) is 24.5 Å². The number of urea groups is 1. The van der Waals surface area contributed by atoms with E-state index in [1.807, 2.05) is 23.8 Å². The van der Waals surface area contributed by atoms with Gasteiger partial charge in [0.2, 0.25) is 5.43 Å². The van der Waals surface area contributed by atoms with Crippen LogP contribution in [0.3, 0.4) is 0 Å². The number of aromatic carboxylic acids is 1. The van der Waals surface area contributed by atoms with Crippen LogP contribution in [-0.4, -0.2) is 105 Å². The summed E-state index contributed by atoms with van der Waals surface area (Å²) in [6.07, 6.45) is 5.71. The molecule has 0 bridgehead atoms. The average Bonchev–Trinajstić information content (AvgIpc) is 3.70. The molecule has 2 aliphatic heterocycles. The molecule has 2 fully saturated rings. The van der Waals surface area contributed by atoms with Crippen LogP contribution in [-0.2, 0) is 11.3 Å². The monoisotopic (exact) mass is 646 g/mol. The van der Waals surface area contributed by atoms with Crippen molar-refractivity contribution >= 4 is 40.2 Å². The minimum absolute atomic E-state index is 0.227. The van der Waals surface area contributed by atoms with Gasteiger partial charge in [-0.3, -0.25) is 15.0 Å². The number of carboxylic acids is 1. The Balaban J connectivity index is 1.31. The second-order valence-electron chi connectivity index (χ2n) is 11.7. The van der Waals surface area contributed by atoms with Gasteiger partial charge in [-0.15, -0.1) is 11.3 Å². The van der Waals surface area contributed by atoms with Crippen molar-refractivity contribution in [3.63, 3.8) is 0 Å². The predicted molar refractivity (Wildman–Crippen MR) is 177 cm³/mol. The molecular formula is C32H38N8O5S. The minimum atomic E-state index is -1.27. The molecule has 2 aliphatic rings. The van der Waals surface area contributed by atoms with Gasteiger partial charge in [-0.05, 0) is 44.9 Å². The third-order valence-electron chi connectivity index (χ3n) is 8.45. The van der Waals surface area contributed by atoms with Crippen molar-refractivity contribution in [3.05, 3.63) is 57.6 Å². The lowest BCUT2D eigenvalue weighted by atomic mass is 10.0. The van der Waals surface area contributed by atoms with Crippen LogP contribution in [0.1, 0.15) is 29.4 Å². The van der Waals surface area contributed by atoms with E-state index >= 15 is 0 Å². The summed E-state index contributed by atoms with van der Waals surface area (Å²) in [7, 11) is 0. The number of nitrogens with one attached hydrogen (secondary N) is 2. The Morgan fingerprint density at radius 1 is 1.09 bits per heavy atom. The number of nitrogens with zero attached hydrogens (tertiary/aromatic N) is 6. The van der Waals surface area contributed by atoms with Crippen LogP contribution in [0.5, 0.6) is 0 Å². The van der Waals surface area contributed by atoms with Crippen molar-refractivity contribution in [3.8, 4) is 21.7 Å². The number of aryl methyl sites for hydroxylation is 1. The second-order valence-corrected chi connectivity index (χ2v) is 12.6. The Labute approximate surface area is 270 Å². The molecule has 0 radical (unpaired) electrons. The SMILES string of the molecule is CCNC(=O)Nc1cc(-c2nc(C)cs2)c(-c2cnc3c(c2)c(=O)c(C(=O)O)cn3CC2CCN(CCN3CCOCC3)C2)cn1. The van der Waals surface area contributed by atoms with Gasteiger partial charge in [0.15, 0.2) is 0 Å². The highest BCUT2D eigenvalue weighted by Gasteiger charge is 2.26. The molecule has 2 amide bonds. The van der Waals surface area contributed by atoms with Crippen molar-refractivity contribution in [1.29, 1.82) is 0 Å². The Kier molecular flexibility index (Phi) is 9.68. The van der Waals surface area contributed by atoms with E-state index in [0.717, 1.165) is 64.6 Å². The van der Waals surface area contributed by atoms with Crippen LogP contribution < -0.4 is 16.1 Å². The van der Waals surface area contributed by atoms with Gasteiger partial charge in [0.25, 0.3) is 0 Å². The highest BCUT2D eigenvalue weighted by Crippen LogP contribution is 2.35. The molecule has 0 saturated carbocycles. The molecule has 0 aliphatic carbocycles. The van der Waals surface area contributed by atoms with E-state index in [0.29, 0.717) is 52.2 Å². The number of aromatic nitrogens is 4. The molecule has 242 valence electrons. The largest absolute Gasteiger partial charge is 0.477 e. The van der Waals surface area contributed by atoms with Gasteiger partial charge in [-0.1, -0.05) is 0 Å². The lowest BCUT2D eigenvalue weighted by Gasteiger charge is -2.28. The molecule has 6 heterocycles. The van der Waals surface area contributed by atoms with Crippen LogP contribution in [0.2, 0.25) is 0 Å². The molecule has 14 heteroatoms. The predicted octanol–water partition coefficient (Wildman–Crippen LogP) is 3.38. The number of likely N-dealkylation sites (tertiary alicyclic amines) is 1. The Hall–Kier alpha value is -4.24. The summed E-state index contributed by atoms with van der Waals surface area (Å²) in [4.78, 5) is 56.6. The molecule has 6 rings (SSSR count). The summed E-state index contributed by atoms with van der Waals surface area (Å²) in [6.45, 7) is 12.1. The number of anilines is 1. The van der Waals surface area contributed by atoms with Gasteiger partial charge in [-0.25, -0.2) is 24.5 Å². The number of hydrogen-bond acceptors (Lipinski definition) is 10. The number of carboxylic acid groups (broad SMARTS) is 1. The summed E-state index contributed by atoms with van der Waals surface area (Å²) in [6, 6.07) is 3.05. The lowest BCUT2D eigenvalue weighted by molar-refractivity contribution is 0.0342. The van der Waals surface area contributed by atoms with Gasteiger partial charge in [-0.2, -0.15) is 0 Å². The van der Waals surface area contributed by atoms with Crippen LogP contribution in [0.25, 0.3) is 32.7 Å². The quantitative estimate of drug-likeness (QED) is 0.234. The Bertz CT molecular complexity index is 1800. The number of carbonyl (C=O) groups is 2. The second kappa shape index (κ2) is 14.0. The standard InChI is InChI=1S/C32H38N8O5S/c1-3-33-32(44)37-27-13-23(30-36-20(2)19-46-30)25(15-34-27)22-12-24-28(41)26(31(42)43)18-40(29(24)35-14-22)17-21-4-5-39(16-21)7-6-38-8-10-45-11-9-38/h12-15,18-19,21H,3-11,16-17H2,1-2H3,(H,42,43)(H2,33,34,37,44). The first-order chi connectivity index (χ1) is 22.3. The first kappa shape index (κ1) is 31.7. The average molecular weight is 647 g/mol.